The van der Waals surface area contributed by atoms with Gasteiger partial charge < -0.3 is 20.9 Å². The Kier molecular flexibility index (Phi) is 5.68. The van der Waals surface area contributed by atoms with Crippen LogP contribution in [0.4, 0.5) is 11.4 Å². The van der Waals surface area contributed by atoms with Crippen LogP contribution in [0.3, 0.4) is 0 Å². The van der Waals surface area contributed by atoms with Gasteiger partial charge in [0.1, 0.15) is 11.9 Å². The molecule has 0 radical (unpaired) electrons. The normalized spacial score (nSPS) is 17.7. The molecule has 2 aromatic carbocycles. The Bertz CT molecular complexity index is 784. The minimum absolute atomic E-state index is 0.0937. The zero-order valence-electron chi connectivity index (χ0n) is 15.8. The van der Waals surface area contributed by atoms with Crippen molar-refractivity contribution < 1.29 is 14.6 Å². The van der Waals surface area contributed by atoms with Crippen molar-refractivity contribution in [2.45, 2.75) is 32.0 Å². The van der Waals surface area contributed by atoms with Gasteiger partial charge in [-0.1, -0.05) is 12.1 Å². The molecule has 1 saturated heterocycles. The molecular formula is C21H27N3O3. The molecule has 1 fully saturated rings. The number of hydrogen-bond acceptors (Lipinski definition) is 5. The molecule has 27 heavy (non-hydrogen) atoms. The average molecular weight is 369 g/mol. The van der Waals surface area contributed by atoms with Crippen molar-refractivity contribution in [3.8, 4) is 5.75 Å². The lowest BCUT2D eigenvalue weighted by Crippen LogP contribution is -2.38. The molecular weight excluding hydrogens is 342 g/mol. The number of rotatable bonds is 6. The summed E-state index contributed by atoms with van der Waals surface area (Å²) in [5, 5.41) is 12.7. The summed E-state index contributed by atoms with van der Waals surface area (Å²) < 4.78 is 6.02. The summed E-state index contributed by atoms with van der Waals surface area (Å²) in [6.07, 6.45) is 1.02. The molecule has 2 aromatic rings. The minimum Gasteiger partial charge on any atom is -0.489 e. The van der Waals surface area contributed by atoms with E-state index in [1.165, 1.54) is 0 Å². The number of anilines is 2. The Morgan fingerprint density at radius 3 is 2.63 bits per heavy atom. The summed E-state index contributed by atoms with van der Waals surface area (Å²) >= 11 is 0. The number of nitrogen functional groups attached to an aromatic ring is 1. The third kappa shape index (κ3) is 5.45. The highest BCUT2D eigenvalue weighted by atomic mass is 16.5. The topological polar surface area (TPSA) is 87.8 Å². The van der Waals surface area contributed by atoms with Crippen LogP contribution in [-0.4, -0.2) is 47.3 Å². The highest BCUT2D eigenvalue weighted by Gasteiger charge is 2.27. The fourth-order valence-corrected chi connectivity index (χ4v) is 3.27. The molecule has 1 amide bonds. The second-order valence-corrected chi connectivity index (χ2v) is 7.64. The van der Waals surface area contributed by atoms with Gasteiger partial charge in [0.15, 0.2) is 0 Å². The molecule has 0 bridgehead atoms. The van der Waals surface area contributed by atoms with E-state index in [-0.39, 0.29) is 12.0 Å². The van der Waals surface area contributed by atoms with Gasteiger partial charge in [0.05, 0.1) is 17.0 Å². The van der Waals surface area contributed by atoms with E-state index in [9.17, 15) is 9.90 Å². The minimum atomic E-state index is -0.702. The third-order valence-electron chi connectivity index (χ3n) is 4.47. The van der Waals surface area contributed by atoms with Crippen LogP contribution in [0.25, 0.3) is 0 Å². The molecule has 0 aromatic heterocycles. The molecule has 0 unspecified atom stereocenters. The van der Waals surface area contributed by atoms with Gasteiger partial charge in [0.2, 0.25) is 0 Å². The van der Waals surface area contributed by atoms with Gasteiger partial charge in [-0.2, -0.15) is 0 Å². The molecule has 0 spiro atoms. The molecule has 6 nitrogen and oxygen atoms in total. The van der Waals surface area contributed by atoms with E-state index in [2.05, 4.69) is 10.2 Å². The van der Waals surface area contributed by atoms with Crippen molar-refractivity contribution in [1.82, 2.24) is 4.90 Å². The number of para-hydroxylation sites is 2. The number of β-amino-alcohol motifs (C(OH)–C–C–N with tert-alkyl or cyclic N) is 1. The first kappa shape index (κ1) is 19.2. The van der Waals surface area contributed by atoms with Gasteiger partial charge >= 0.3 is 0 Å². The van der Waals surface area contributed by atoms with Crippen LogP contribution in [-0.2, 0) is 0 Å². The average Bonchev–Trinajstić information content (AvgIpc) is 3.02. The van der Waals surface area contributed by atoms with E-state index in [0.717, 1.165) is 25.3 Å². The summed E-state index contributed by atoms with van der Waals surface area (Å²) in [6, 6.07) is 14.3. The smallest absolute Gasteiger partial charge is 0.255 e. The molecule has 144 valence electrons. The van der Waals surface area contributed by atoms with Crippen LogP contribution < -0.4 is 15.8 Å². The number of hydrogen-bond donors (Lipinski definition) is 3. The predicted molar refractivity (Wildman–Crippen MR) is 107 cm³/mol. The largest absolute Gasteiger partial charge is 0.489 e. The zero-order valence-corrected chi connectivity index (χ0v) is 15.8. The number of amides is 1. The number of aliphatic hydroxyl groups is 1. The van der Waals surface area contributed by atoms with Crippen LogP contribution in [0.15, 0.2) is 48.5 Å². The first-order valence-electron chi connectivity index (χ1n) is 9.17. The number of benzene rings is 2. The fraction of sp³-hybridized carbons (Fsp3) is 0.381. The molecule has 1 aliphatic heterocycles. The maximum Gasteiger partial charge on any atom is 0.255 e. The maximum atomic E-state index is 12.4. The van der Waals surface area contributed by atoms with Crippen LogP contribution in [0, 0.1) is 0 Å². The third-order valence-corrected chi connectivity index (χ3v) is 4.47. The second-order valence-electron chi connectivity index (χ2n) is 7.64. The van der Waals surface area contributed by atoms with Gasteiger partial charge in [-0.15, -0.1) is 0 Å². The van der Waals surface area contributed by atoms with Crippen molar-refractivity contribution in [2.75, 3.05) is 30.7 Å². The maximum absolute atomic E-state index is 12.4. The van der Waals surface area contributed by atoms with E-state index >= 15 is 0 Å². The van der Waals surface area contributed by atoms with E-state index in [1.54, 1.807) is 24.3 Å². The second kappa shape index (κ2) is 7.98. The first-order valence-corrected chi connectivity index (χ1v) is 9.17. The van der Waals surface area contributed by atoms with Gasteiger partial charge in [-0.3, -0.25) is 9.69 Å². The van der Waals surface area contributed by atoms with E-state index < -0.39 is 5.60 Å². The number of carbonyl (C=O) groups is 1. The molecule has 1 aliphatic rings. The van der Waals surface area contributed by atoms with Gasteiger partial charge in [-0.05, 0) is 56.7 Å². The number of carbonyl (C=O) groups excluding carboxylic acids is 1. The number of likely N-dealkylation sites (tertiary alicyclic amines) is 1. The lowest BCUT2D eigenvalue weighted by molar-refractivity contribution is 0.0407. The molecule has 0 aliphatic carbocycles. The summed E-state index contributed by atoms with van der Waals surface area (Å²) in [5.74, 6) is 0.526. The Labute approximate surface area is 159 Å². The van der Waals surface area contributed by atoms with E-state index in [1.807, 2.05) is 38.1 Å². The van der Waals surface area contributed by atoms with Crippen molar-refractivity contribution in [2.24, 2.45) is 0 Å². The molecule has 0 saturated carbocycles. The van der Waals surface area contributed by atoms with E-state index in [0.29, 0.717) is 23.5 Å². The van der Waals surface area contributed by atoms with Crippen molar-refractivity contribution in [3.63, 3.8) is 0 Å². The van der Waals surface area contributed by atoms with Gasteiger partial charge in [0.25, 0.3) is 5.91 Å². The number of nitrogens with zero attached hydrogens (tertiary/aromatic N) is 1. The van der Waals surface area contributed by atoms with Crippen molar-refractivity contribution >= 4 is 17.3 Å². The Hall–Kier alpha value is -2.57. The van der Waals surface area contributed by atoms with E-state index in [4.69, 9.17) is 10.5 Å². The van der Waals surface area contributed by atoms with Crippen molar-refractivity contribution in [3.05, 3.63) is 54.1 Å². The number of ether oxygens (including phenoxy) is 1. The van der Waals surface area contributed by atoms with Crippen LogP contribution in [0.5, 0.6) is 5.75 Å². The SMILES string of the molecule is CC(C)(O)CN1CC[C@@H](Oc2ccc(C(=O)Nc3ccccc3N)cc2)C1. The monoisotopic (exact) mass is 369 g/mol. The highest BCUT2D eigenvalue weighted by Crippen LogP contribution is 2.22. The summed E-state index contributed by atoms with van der Waals surface area (Å²) in [7, 11) is 0. The van der Waals surface area contributed by atoms with Gasteiger partial charge in [0, 0.05) is 25.2 Å². The van der Waals surface area contributed by atoms with Crippen molar-refractivity contribution in [1.29, 1.82) is 0 Å². The summed E-state index contributed by atoms with van der Waals surface area (Å²) in [6.45, 7) is 5.96. The lowest BCUT2D eigenvalue weighted by Gasteiger charge is -2.25. The zero-order chi connectivity index (χ0) is 19.4. The first-order chi connectivity index (χ1) is 12.8. The summed E-state index contributed by atoms with van der Waals surface area (Å²) in [5.41, 5.74) is 6.83. The molecule has 6 heteroatoms. The Morgan fingerprint density at radius 2 is 1.96 bits per heavy atom. The fourth-order valence-electron chi connectivity index (χ4n) is 3.27. The molecule has 4 N–H and O–H groups in total. The standard InChI is InChI=1S/C21H27N3O3/c1-21(2,26)14-24-12-11-17(13-24)27-16-9-7-15(8-10-16)20(25)23-19-6-4-3-5-18(19)22/h3-10,17,26H,11-14,22H2,1-2H3,(H,23,25)/t17-/m1/s1. The lowest BCUT2D eigenvalue weighted by atomic mass is 10.1. The number of nitrogens with two attached hydrogens (primary N) is 1. The Morgan fingerprint density at radius 1 is 1.26 bits per heavy atom. The molecule has 1 atom stereocenters. The molecule has 3 rings (SSSR count). The van der Waals surface area contributed by atoms with Crippen LogP contribution in [0.2, 0.25) is 0 Å². The predicted octanol–water partition coefficient (Wildman–Crippen LogP) is 2.75. The summed E-state index contributed by atoms with van der Waals surface area (Å²) in [4.78, 5) is 14.6. The highest BCUT2D eigenvalue weighted by molar-refractivity contribution is 6.05. The number of nitrogens with one attached hydrogen (secondary N) is 1. The van der Waals surface area contributed by atoms with Gasteiger partial charge in [-0.25, -0.2) is 0 Å². The van der Waals surface area contributed by atoms with Crippen LogP contribution >= 0.6 is 0 Å². The Balaban J connectivity index is 1.55. The quantitative estimate of drug-likeness (QED) is 0.682. The molecule has 1 heterocycles. The van der Waals surface area contributed by atoms with Crippen LogP contribution in [0.1, 0.15) is 30.6 Å².